The lowest BCUT2D eigenvalue weighted by molar-refractivity contribution is 0.143. The molecule has 0 spiro atoms. The molecule has 4 heteroatoms. The van der Waals surface area contributed by atoms with Crippen LogP contribution in [0.4, 0.5) is 10.2 Å². The van der Waals surface area contributed by atoms with Crippen LogP contribution in [-0.4, -0.2) is 31.8 Å². The van der Waals surface area contributed by atoms with Crippen LogP contribution in [0.1, 0.15) is 12.8 Å². The number of piperidine rings is 1. The molecule has 0 radical (unpaired) electrons. The molecule has 0 aliphatic carbocycles. The zero-order chi connectivity index (χ0) is 11.4. The Kier molecular flexibility index (Phi) is 3.72. The predicted octanol–water partition coefficient (Wildman–Crippen LogP) is 2.08. The van der Waals surface area contributed by atoms with E-state index in [1.807, 2.05) is 6.07 Å². The van der Waals surface area contributed by atoms with E-state index in [1.54, 1.807) is 13.2 Å². The Morgan fingerprint density at radius 2 is 2.44 bits per heavy atom. The molecule has 1 saturated heterocycles. The summed E-state index contributed by atoms with van der Waals surface area (Å²) in [6.07, 6.45) is 2.30. The summed E-state index contributed by atoms with van der Waals surface area (Å²) >= 11 is 0. The van der Waals surface area contributed by atoms with Crippen molar-refractivity contribution in [1.29, 1.82) is 0 Å². The molecule has 1 aromatic rings. The number of halogens is 1. The molecule has 1 atom stereocenters. The average Bonchev–Trinajstić information content (AvgIpc) is 2.30. The highest BCUT2D eigenvalue weighted by atomic mass is 19.1. The number of aromatic nitrogens is 1. The Labute approximate surface area is 95.2 Å². The van der Waals surface area contributed by atoms with Gasteiger partial charge in [-0.1, -0.05) is 6.07 Å². The summed E-state index contributed by atoms with van der Waals surface area (Å²) in [4.78, 5) is 6.05. The van der Waals surface area contributed by atoms with Gasteiger partial charge in [-0.05, 0) is 30.9 Å². The van der Waals surface area contributed by atoms with Gasteiger partial charge in [-0.2, -0.15) is 4.39 Å². The molecule has 1 fully saturated rings. The van der Waals surface area contributed by atoms with Crippen molar-refractivity contribution in [2.75, 3.05) is 31.7 Å². The summed E-state index contributed by atoms with van der Waals surface area (Å²) in [6.45, 7) is 2.63. The lowest BCUT2D eigenvalue weighted by Gasteiger charge is -2.33. The van der Waals surface area contributed by atoms with Crippen molar-refractivity contribution in [1.82, 2.24) is 4.98 Å². The van der Waals surface area contributed by atoms with Crippen LogP contribution in [0.5, 0.6) is 0 Å². The minimum atomic E-state index is -0.411. The number of ether oxygens (including phenoxy) is 1. The van der Waals surface area contributed by atoms with E-state index >= 15 is 0 Å². The Morgan fingerprint density at radius 3 is 3.19 bits per heavy atom. The zero-order valence-electron chi connectivity index (χ0n) is 9.53. The van der Waals surface area contributed by atoms with Crippen molar-refractivity contribution < 1.29 is 9.13 Å². The Balaban J connectivity index is 2.03. The number of methoxy groups -OCH3 is 1. The fourth-order valence-electron chi connectivity index (χ4n) is 2.22. The molecule has 2 heterocycles. The highest BCUT2D eigenvalue weighted by molar-refractivity contribution is 5.38. The van der Waals surface area contributed by atoms with E-state index < -0.39 is 5.95 Å². The summed E-state index contributed by atoms with van der Waals surface area (Å²) in [5.74, 6) is 0.857. The van der Waals surface area contributed by atoms with Crippen molar-refractivity contribution in [2.24, 2.45) is 5.92 Å². The molecule has 88 valence electrons. The van der Waals surface area contributed by atoms with Gasteiger partial charge in [0.1, 0.15) is 5.82 Å². The van der Waals surface area contributed by atoms with E-state index in [2.05, 4.69) is 9.88 Å². The summed E-state index contributed by atoms with van der Waals surface area (Å²) < 4.78 is 18.2. The summed E-state index contributed by atoms with van der Waals surface area (Å²) in [7, 11) is 1.72. The molecule has 0 aromatic carbocycles. The van der Waals surface area contributed by atoms with Gasteiger partial charge < -0.3 is 9.64 Å². The maximum atomic E-state index is 13.0. The number of hydrogen-bond donors (Lipinski definition) is 0. The smallest absolute Gasteiger partial charge is 0.214 e. The fourth-order valence-corrected chi connectivity index (χ4v) is 2.22. The van der Waals surface area contributed by atoms with Gasteiger partial charge in [0, 0.05) is 20.2 Å². The lowest BCUT2D eigenvalue weighted by Crippen LogP contribution is -2.37. The van der Waals surface area contributed by atoms with Gasteiger partial charge in [0.25, 0.3) is 0 Å². The Morgan fingerprint density at radius 1 is 1.56 bits per heavy atom. The predicted molar refractivity (Wildman–Crippen MR) is 61.0 cm³/mol. The van der Waals surface area contributed by atoms with Gasteiger partial charge >= 0.3 is 0 Å². The van der Waals surface area contributed by atoms with Gasteiger partial charge in [-0.3, -0.25) is 0 Å². The van der Waals surface area contributed by atoms with Crippen LogP contribution in [0.3, 0.4) is 0 Å². The summed E-state index contributed by atoms with van der Waals surface area (Å²) in [5, 5.41) is 0. The van der Waals surface area contributed by atoms with E-state index in [0.29, 0.717) is 5.92 Å². The van der Waals surface area contributed by atoms with Crippen LogP contribution in [0.15, 0.2) is 18.2 Å². The summed E-state index contributed by atoms with van der Waals surface area (Å²) in [6, 6.07) is 4.94. The second-order valence-electron chi connectivity index (χ2n) is 4.23. The third-order valence-corrected chi connectivity index (χ3v) is 2.95. The summed E-state index contributed by atoms with van der Waals surface area (Å²) in [5.41, 5.74) is 0. The van der Waals surface area contributed by atoms with Gasteiger partial charge in [0.05, 0.1) is 6.61 Å². The first kappa shape index (κ1) is 11.3. The molecule has 2 rings (SSSR count). The number of anilines is 1. The van der Waals surface area contributed by atoms with Crippen LogP contribution in [0.25, 0.3) is 0 Å². The molecule has 0 N–H and O–H groups in total. The first-order valence-electron chi connectivity index (χ1n) is 5.66. The van der Waals surface area contributed by atoms with E-state index in [0.717, 1.165) is 31.9 Å². The van der Waals surface area contributed by atoms with Crippen molar-refractivity contribution in [3.63, 3.8) is 0 Å². The molecule has 0 saturated carbocycles. The van der Waals surface area contributed by atoms with Gasteiger partial charge in [0.15, 0.2) is 0 Å². The Hall–Kier alpha value is -1.16. The molecule has 0 amide bonds. The third kappa shape index (κ3) is 2.70. The standard InChI is InChI=1S/C12H17FN2O/c1-16-9-10-4-3-7-15(8-10)12-6-2-5-11(13)14-12/h2,5-6,10H,3-4,7-9H2,1H3. The van der Waals surface area contributed by atoms with Crippen LogP contribution >= 0.6 is 0 Å². The molecule has 16 heavy (non-hydrogen) atoms. The topological polar surface area (TPSA) is 25.4 Å². The maximum absolute atomic E-state index is 13.0. The normalized spacial score (nSPS) is 21.1. The van der Waals surface area contributed by atoms with Crippen LogP contribution in [-0.2, 0) is 4.74 Å². The van der Waals surface area contributed by atoms with Crippen LogP contribution in [0, 0.1) is 11.9 Å². The minimum Gasteiger partial charge on any atom is -0.384 e. The second-order valence-corrected chi connectivity index (χ2v) is 4.23. The van der Waals surface area contributed by atoms with E-state index in [1.165, 1.54) is 12.5 Å². The van der Waals surface area contributed by atoms with E-state index in [4.69, 9.17) is 4.74 Å². The quantitative estimate of drug-likeness (QED) is 0.735. The van der Waals surface area contributed by atoms with E-state index in [9.17, 15) is 4.39 Å². The van der Waals surface area contributed by atoms with Crippen molar-refractivity contribution in [3.8, 4) is 0 Å². The minimum absolute atomic E-state index is 0.411. The highest BCUT2D eigenvalue weighted by Gasteiger charge is 2.20. The van der Waals surface area contributed by atoms with E-state index in [-0.39, 0.29) is 0 Å². The molecule has 1 aromatic heterocycles. The van der Waals surface area contributed by atoms with Crippen LogP contribution in [0.2, 0.25) is 0 Å². The molecule has 1 aliphatic rings. The van der Waals surface area contributed by atoms with Gasteiger partial charge in [-0.15, -0.1) is 0 Å². The average molecular weight is 224 g/mol. The van der Waals surface area contributed by atoms with Crippen molar-refractivity contribution in [3.05, 3.63) is 24.1 Å². The SMILES string of the molecule is COCC1CCCN(c2cccc(F)n2)C1. The zero-order valence-corrected chi connectivity index (χ0v) is 9.53. The van der Waals surface area contributed by atoms with Gasteiger partial charge in [-0.25, -0.2) is 4.98 Å². The molecule has 1 unspecified atom stereocenters. The third-order valence-electron chi connectivity index (χ3n) is 2.95. The van der Waals surface area contributed by atoms with Gasteiger partial charge in [0.2, 0.25) is 5.95 Å². The first-order valence-corrected chi connectivity index (χ1v) is 5.66. The molecular formula is C12H17FN2O. The maximum Gasteiger partial charge on any atom is 0.214 e. The number of hydrogen-bond acceptors (Lipinski definition) is 3. The second kappa shape index (κ2) is 5.25. The largest absolute Gasteiger partial charge is 0.384 e. The molecule has 0 bridgehead atoms. The number of nitrogens with zero attached hydrogens (tertiary/aromatic N) is 2. The number of rotatable bonds is 3. The fraction of sp³-hybridized carbons (Fsp3) is 0.583. The molecule has 1 aliphatic heterocycles. The van der Waals surface area contributed by atoms with Crippen molar-refractivity contribution in [2.45, 2.75) is 12.8 Å². The first-order chi connectivity index (χ1) is 7.79. The molecule has 3 nitrogen and oxygen atoms in total. The van der Waals surface area contributed by atoms with Crippen LogP contribution < -0.4 is 4.90 Å². The monoisotopic (exact) mass is 224 g/mol. The lowest BCUT2D eigenvalue weighted by atomic mass is 9.99. The Bertz CT molecular complexity index is 344. The number of pyridine rings is 1. The highest BCUT2D eigenvalue weighted by Crippen LogP contribution is 2.21. The molecular weight excluding hydrogens is 207 g/mol. The van der Waals surface area contributed by atoms with Crippen molar-refractivity contribution >= 4 is 5.82 Å².